The SMILES string of the molecule is COC(=O)c1nc(F)ccc1I. The van der Waals surface area contributed by atoms with Gasteiger partial charge in [-0.05, 0) is 34.7 Å². The van der Waals surface area contributed by atoms with Crippen molar-refractivity contribution in [2.45, 2.75) is 0 Å². The Labute approximate surface area is 82.1 Å². The van der Waals surface area contributed by atoms with Crippen molar-refractivity contribution in [3.63, 3.8) is 0 Å². The third-order valence-electron chi connectivity index (χ3n) is 1.19. The van der Waals surface area contributed by atoms with Crippen LogP contribution < -0.4 is 0 Å². The van der Waals surface area contributed by atoms with E-state index in [1.807, 2.05) is 22.6 Å². The van der Waals surface area contributed by atoms with E-state index >= 15 is 0 Å². The molecule has 0 spiro atoms. The monoisotopic (exact) mass is 281 g/mol. The van der Waals surface area contributed by atoms with Gasteiger partial charge in [-0.2, -0.15) is 4.39 Å². The number of halogens is 2. The predicted molar refractivity (Wildman–Crippen MR) is 48.3 cm³/mol. The number of ether oxygens (including phenoxy) is 1. The Morgan fingerprint density at radius 3 is 2.92 bits per heavy atom. The number of hydrogen-bond acceptors (Lipinski definition) is 3. The zero-order chi connectivity index (χ0) is 9.14. The number of hydrogen-bond donors (Lipinski definition) is 0. The maximum atomic E-state index is 12.5. The van der Waals surface area contributed by atoms with Crippen molar-refractivity contribution < 1.29 is 13.9 Å². The molecule has 5 heteroatoms. The van der Waals surface area contributed by atoms with Gasteiger partial charge in [0.1, 0.15) is 0 Å². The zero-order valence-corrected chi connectivity index (χ0v) is 8.33. The van der Waals surface area contributed by atoms with Crippen LogP contribution in [0.25, 0.3) is 0 Å². The summed E-state index contributed by atoms with van der Waals surface area (Å²) in [6, 6.07) is 2.66. The molecule has 0 aliphatic heterocycles. The maximum absolute atomic E-state index is 12.5. The standard InChI is InChI=1S/C7H5FINO2/c1-12-7(11)6-4(9)2-3-5(8)10-6/h2-3H,1H3. The fourth-order valence-corrected chi connectivity index (χ4v) is 1.18. The van der Waals surface area contributed by atoms with Crippen molar-refractivity contribution in [1.82, 2.24) is 4.98 Å². The Hall–Kier alpha value is -0.720. The minimum absolute atomic E-state index is 0.0121. The van der Waals surface area contributed by atoms with Gasteiger partial charge >= 0.3 is 5.97 Å². The van der Waals surface area contributed by atoms with Gasteiger partial charge in [-0.1, -0.05) is 0 Å². The van der Waals surface area contributed by atoms with E-state index in [1.165, 1.54) is 19.2 Å². The highest BCUT2D eigenvalue weighted by Crippen LogP contribution is 2.10. The molecule has 0 saturated heterocycles. The first-order chi connectivity index (χ1) is 5.65. The molecule has 1 rings (SSSR count). The first-order valence-corrected chi connectivity index (χ1v) is 4.13. The number of pyridine rings is 1. The van der Waals surface area contributed by atoms with Gasteiger partial charge in [-0.15, -0.1) is 0 Å². The number of rotatable bonds is 1. The summed E-state index contributed by atoms with van der Waals surface area (Å²) < 4.78 is 17.5. The molecule has 0 unspecified atom stereocenters. The van der Waals surface area contributed by atoms with Crippen LogP contribution in [0.15, 0.2) is 12.1 Å². The lowest BCUT2D eigenvalue weighted by Crippen LogP contribution is -2.07. The summed E-state index contributed by atoms with van der Waals surface area (Å²) in [5, 5.41) is 0. The lowest BCUT2D eigenvalue weighted by Gasteiger charge is -1.99. The number of nitrogens with zero attached hydrogens (tertiary/aromatic N) is 1. The summed E-state index contributed by atoms with van der Waals surface area (Å²) >= 11 is 1.89. The quantitative estimate of drug-likeness (QED) is 0.446. The number of carbonyl (C=O) groups excluding carboxylic acids is 1. The molecule has 1 aromatic rings. The Bertz CT molecular complexity index is 316. The average molecular weight is 281 g/mol. The molecule has 0 atom stereocenters. The topological polar surface area (TPSA) is 39.2 Å². The Kier molecular flexibility index (Phi) is 2.96. The molecule has 0 aromatic carbocycles. The number of esters is 1. The fourth-order valence-electron chi connectivity index (χ4n) is 0.658. The number of aromatic nitrogens is 1. The summed E-state index contributed by atoms with van der Waals surface area (Å²) in [6.45, 7) is 0. The zero-order valence-electron chi connectivity index (χ0n) is 6.17. The lowest BCUT2D eigenvalue weighted by atomic mass is 10.3. The summed E-state index contributed by atoms with van der Waals surface area (Å²) in [5.41, 5.74) is 0.0121. The minimum atomic E-state index is -0.684. The third-order valence-corrected chi connectivity index (χ3v) is 2.06. The van der Waals surface area contributed by atoms with E-state index in [9.17, 15) is 9.18 Å². The predicted octanol–water partition coefficient (Wildman–Crippen LogP) is 1.61. The number of carbonyl (C=O) groups is 1. The Balaban J connectivity index is 3.13. The smallest absolute Gasteiger partial charge is 0.357 e. The molecule has 0 bridgehead atoms. The molecule has 64 valence electrons. The molecule has 1 heterocycles. The van der Waals surface area contributed by atoms with E-state index in [0.29, 0.717) is 3.57 Å². The highest BCUT2D eigenvalue weighted by molar-refractivity contribution is 14.1. The van der Waals surface area contributed by atoms with Gasteiger partial charge in [0, 0.05) is 3.57 Å². The van der Waals surface area contributed by atoms with E-state index in [0.717, 1.165) is 0 Å². The molecule has 0 fully saturated rings. The second-order valence-corrected chi connectivity index (χ2v) is 3.12. The van der Waals surface area contributed by atoms with Gasteiger partial charge in [-0.25, -0.2) is 9.78 Å². The van der Waals surface area contributed by atoms with Gasteiger partial charge in [0.2, 0.25) is 5.95 Å². The Morgan fingerprint density at radius 2 is 2.33 bits per heavy atom. The van der Waals surface area contributed by atoms with Crippen LogP contribution in [0.4, 0.5) is 4.39 Å². The van der Waals surface area contributed by atoms with E-state index in [4.69, 9.17) is 0 Å². The second-order valence-electron chi connectivity index (χ2n) is 1.96. The van der Waals surface area contributed by atoms with Crippen molar-refractivity contribution in [3.05, 3.63) is 27.3 Å². The van der Waals surface area contributed by atoms with Gasteiger partial charge in [0.05, 0.1) is 7.11 Å². The van der Waals surface area contributed by atoms with Crippen LogP contribution in [-0.4, -0.2) is 18.1 Å². The summed E-state index contributed by atoms with van der Waals surface area (Å²) in [6.07, 6.45) is 0. The van der Waals surface area contributed by atoms with Crippen LogP contribution >= 0.6 is 22.6 Å². The van der Waals surface area contributed by atoms with Crippen LogP contribution in [0.3, 0.4) is 0 Å². The average Bonchev–Trinajstić information content (AvgIpc) is 2.08. The number of methoxy groups -OCH3 is 1. The lowest BCUT2D eigenvalue weighted by molar-refractivity contribution is 0.0591. The molecule has 0 aliphatic rings. The van der Waals surface area contributed by atoms with E-state index in [-0.39, 0.29) is 5.69 Å². The minimum Gasteiger partial charge on any atom is -0.464 e. The van der Waals surface area contributed by atoms with Crippen LogP contribution in [0, 0.1) is 9.52 Å². The van der Waals surface area contributed by atoms with Crippen LogP contribution in [0.5, 0.6) is 0 Å². The molecule has 0 N–H and O–H groups in total. The molecule has 0 amide bonds. The first-order valence-electron chi connectivity index (χ1n) is 3.05. The summed E-state index contributed by atoms with van der Waals surface area (Å²) in [4.78, 5) is 14.3. The summed E-state index contributed by atoms with van der Waals surface area (Å²) in [7, 11) is 1.23. The highest BCUT2D eigenvalue weighted by Gasteiger charge is 2.12. The molecule has 0 saturated carbocycles. The van der Waals surface area contributed by atoms with Gasteiger partial charge in [0.15, 0.2) is 5.69 Å². The van der Waals surface area contributed by atoms with Crippen LogP contribution in [-0.2, 0) is 4.74 Å². The van der Waals surface area contributed by atoms with Crippen molar-refractivity contribution in [1.29, 1.82) is 0 Å². The van der Waals surface area contributed by atoms with Crippen molar-refractivity contribution in [2.75, 3.05) is 7.11 Å². The van der Waals surface area contributed by atoms with Crippen molar-refractivity contribution in [2.24, 2.45) is 0 Å². The van der Waals surface area contributed by atoms with E-state index in [2.05, 4.69) is 9.72 Å². The highest BCUT2D eigenvalue weighted by atomic mass is 127. The van der Waals surface area contributed by atoms with Gasteiger partial charge in [-0.3, -0.25) is 0 Å². The molecule has 3 nitrogen and oxygen atoms in total. The maximum Gasteiger partial charge on any atom is 0.357 e. The van der Waals surface area contributed by atoms with Crippen molar-refractivity contribution in [3.8, 4) is 0 Å². The third kappa shape index (κ3) is 1.90. The fraction of sp³-hybridized carbons (Fsp3) is 0.143. The summed E-state index contributed by atoms with van der Waals surface area (Å²) in [5.74, 6) is -1.31. The van der Waals surface area contributed by atoms with Gasteiger partial charge in [0.25, 0.3) is 0 Å². The molecular formula is C7H5FINO2. The molecule has 0 radical (unpaired) electrons. The normalized spacial score (nSPS) is 9.58. The molecule has 0 aliphatic carbocycles. The largest absolute Gasteiger partial charge is 0.464 e. The molecule has 12 heavy (non-hydrogen) atoms. The van der Waals surface area contributed by atoms with Gasteiger partial charge < -0.3 is 4.74 Å². The van der Waals surface area contributed by atoms with Crippen LogP contribution in [0.2, 0.25) is 0 Å². The van der Waals surface area contributed by atoms with Crippen molar-refractivity contribution >= 4 is 28.6 Å². The molecular weight excluding hydrogens is 276 g/mol. The van der Waals surface area contributed by atoms with Crippen LogP contribution in [0.1, 0.15) is 10.5 Å². The van der Waals surface area contributed by atoms with E-state index in [1.54, 1.807) is 0 Å². The Morgan fingerprint density at radius 1 is 1.67 bits per heavy atom. The van der Waals surface area contributed by atoms with E-state index < -0.39 is 11.9 Å². The second kappa shape index (κ2) is 3.79. The molecule has 1 aromatic heterocycles. The first kappa shape index (κ1) is 9.37.